The molecule has 0 bridgehead atoms. The average Bonchev–Trinajstić information content (AvgIpc) is 2.75. The van der Waals surface area contributed by atoms with Gasteiger partial charge < -0.3 is 10.6 Å². The Morgan fingerprint density at radius 2 is 2.05 bits per heavy atom. The minimum absolute atomic E-state index is 0. The van der Waals surface area contributed by atoms with Crippen molar-refractivity contribution in [2.75, 3.05) is 37.7 Å². The Morgan fingerprint density at radius 3 is 2.55 bits per heavy atom. The molecule has 1 amide bonds. The molecule has 0 radical (unpaired) electrons. The molecule has 0 spiro atoms. The molecule has 6 nitrogen and oxygen atoms in total. The van der Waals surface area contributed by atoms with Gasteiger partial charge in [0.15, 0.2) is 9.84 Å². The molecule has 0 saturated carbocycles. The normalized spacial score (nSPS) is 31.5. The minimum atomic E-state index is -2.96. The standard InChI is InChI=1S/C14H27N3O3S.ClH/c1-3-17(12-5-7-21(19,20)10-12)14(18)9-16-6-4-13(15)11(2)8-16;/h11-13H,3-10,15H2,1-2H3;1H. The molecule has 3 unspecified atom stereocenters. The molecule has 0 aromatic heterocycles. The fourth-order valence-corrected chi connectivity index (χ4v) is 5.07. The zero-order valence-corrected chi connectivity index (χ0v) is 15.0. The third-order valence-electron chi connectivity index (χ3n) is 4.72. The summed E-state index contributed by atoms with van der Waals surface area (Å²) in [6, 6.07) is 0.0792. The van der Waals surface area contributed by atoms with Gasteiger partial charge in [-0.3, -0.25) is 9.69 Å². The molecule has 8 heteroatoms. The number of hydrogen-bond acceptors (Lipinski definition) is 5. The molecule has 22 heavy (non-hydrogen) atoms. The van der Waals surface area contributed by atoms with Crippen LogP contribution in [0.15, 0.2) is 0 Å². The smallest absolute Gasteiger partial charge is 0.237 e. The predicted octanol–water partition coefficient (Wildman–Crippen LogP) is 0.113. The lowest BCUT2D eigenvalue weighted by molar-refractivity contribution is -0.134. The van der Waals surface area contributed by atoms with Gasteiger partial charge in [0.2, 0.25) is 5.91 Å². The Labute approximate surface area is 139 Å². The first-order chi connectivity index (χ1) is 9.82. The molecule has 2 N–H and O–H groups in total. The summed E-state index contributed by atoms with van der Waals surface area (Å²) in [6.07, 6.45) is 1.49. The molecular weight excluding hydrogens is 326 g/mol. The van der Waals surface area contributed by atoms with Crippen molar-refractivity contribution in [2.45, 2.75) is 38.8 Å². The Bertz CT molecular complexity index is 486. The zero-order chi connectivity index (χ0) is 15.6. The maximum absolute atomic E-state index is 12.5. The summed E-state index contributed by atoms with van der Waals surface area (Å²) in [5.41, 5.74) is 6.00. The van der Waals surface area contributed by atoms with Crippen LogP contribution in [0.25, 0.3) is 0 Å². The van der Waals surface area contributed by atoms with Crippen LogP contribution in [0.5, 0.6) is 0 Å². The highest BCUT2D eigenvalue weighted by atomic mass is 35.5. The van der Waals surface area contributed by atoms with E-state index in [1.807, 2.05) is 6.92 Å². The van der Waals surface area contributed by atoms with E-state index < -0.39 is 9.84 Å². The van der Waals surface area contributed by atoms with Crippen molar-refractivity contribution >= 4 is 28.2 Å². The average molecular weight is 354 g/mol. The first kappa shape index (κ1) is 19.7. The van der Waals surface area contributed by atoms with Gasteiger partial charge in [-0.05, 0) is 25.7 Å². The summed E-state index contributed by atoms with van der Waals surface area (Å²) >= 11 is 0. The van der Waals surface area contributed by atoms with Crippen LogP contribution >= 0.6 is 12.4 Å². The lowest BCUT2D eigenvalue weighted by Gasteiger charge is -2.36. The third-order valence-corrected chi connectivity index (χ3v) is 6.48. The Hall–Kier alpha value is -0.370. The number of hydrogen-bond donors (Lipinski definition) is 1. The van der Waals surface area contributed by atoms with E-state index in [9.17, 15) is 13.2 Å². The highest BCUT2D eigenvalue weighted by Crippen LogP contribution is 2.19. The number of nitrogens with two attached hydrogens (primary N) is 1. The third kappa shape index (κ3) is 4.81. The van der Waals surface area contributed by atoms with E-state index in [-0.39, 0.29) is 41.9 Å². The minimum Gasteiger partial charge on any atom is -0.338 e. The summed E-state index contributed by atoms with van der Waals surface area (Å²) in [4.78, 5) is 16.4. The van der Waals surface area contributed by atoms with E-state index >= 15 is 0 Å². The van der Waals surface area contributed by atoms with Crippen LogP contribution in [0.1, 0.15) is 26.7 Å². The first-order valence-electron chi connectivity index (χ1n) is 7.80. The highest BCUT2D eigenvalue weighted by Gasteiger charge is 2.34. The largest absolute Gasteiger partial charge is 0.338 e. The fourth-order valence-electron chi connectivity index (χ4n) is 3.34. The number of nitrogens with zero attached hydrogens (tertiary/aromatic N) is 2. The van der Waals surface area contributed by atoms with Gasteiger partial charge in [-0.1, -0.05) is 6.92 Å². The van der Waals surface area contributed by atoms with E-state index in [0.29, 0.717) is 25.4 Å². The van der Waals surface area contributed by atoms with Crippen LogP contribution in [0.2, 0.25) is 0 Å². The van der Waals surface area contributed by atoms with E-state index in [1.165, 1.54) is 0 Å². The van der Waals surface area contributed by atoms with Crippen LogP contribution in [0.4, 0.5) is 0 Å². The summed E-state index contributed by atoms with van der Waals surface area (Å²) in [5, 5.41) is 0. The summed E-state index contributed by atoms with van der Waals surface area (Å²) in [5.74, 6) is 0.765. The molecule has 2 rings (SSSR count). The molecule has 0 aromatic carbocycles. The molecule has 3 atom stereocenters. The van der Waals surface area contributed by atoms with Gasteiger partial charge >= 0.3 is 0 Å². The summed E-state index contributed by atoms with van der Waals surface area (Å²) < 4.78 is 23.2. The number of piperidine rings is 1. The van der Waals surface area contributed by atoms with Crippen LogP contribution in [0.3, 0.4) is 0 Å². The summed E-state index contributed by atoms with van der Waals surface area (Å²) in [6.45, 7) is 6.66. The van der Waals surface area contributed by atoms with Gasteiger partial charge in [0.05, 0.1) is 18.1 Å². The first-order valence-corrected chi connectivity index (χ1v) is 9.62. The number of rotatable bonds is 4. The second-order valence-corrected chi connectivity index (χ2v) is 8.63. The molecule has 2 aliphatic rings. The number of carbonyl (C=O) groups excluding carboxylic acids is 1. The second-order valence-electron chi connectivity index (χ2n) is 6.40. The van der Waals surface area contributed by atoms with Crippen molar-refractivity contribution in [1.82, 2.24) is 9.80 Å². The number of amides is 1. The predicted molar refractivity (Wildman–Crippen MR) is 89.9 cm³/mol. The Balaban J connectivity index is 0.00000242. The van der Waals surface area contributed by atoms with E-state index in [4.69, 9.17) is 5.73 Å². The van der Waals surface area contributed by atoms with Crippen LogP contribution in [0, 0.1) is 5.92 Å². The number of carbonyl (C=O) groups is 1. The van der Waals surface area contributed by atoms with Gasteiger partial charge in [0.1, 0.15) is 0 Å². The lowest BCUT2D eigenvalue weighted by atomic mass is 9.95. The highest BCUT2D eigenvalue weighted by molar-refractivity contribution is 7.91. The van der Waals surface area contributed by atoms with Crippen molar-refractivity contribution in [3.05, 3.63) is 0 Å². The number of likely N-dealkylation sites (tertiary alicyclic amines) is 1. The van der Waals surface area contributed by atoms with Crippen LogP contribution in [-0.2, 0) is 14.6 Å². The fraction of sp³-hybridized carbons (Fsp3) is 0.929. The van der Waals surface area contributed by atoms with Gasteiger partial charge in [-0.2, -0.15) is 0 Å². The molecule has 2 heterocycles. The maximum Gasteiger partial charge on any atom is 0.237 e. The van der Waals surface area contributed by atoms with Gasteiger partial charge in [-0.25, -0.2) is 8.42 Å². The van der Waals surface area contributed by atoms with E-state index in [2.05, 4.69) is 11.8 Å². The van der Waals surface area contributed by atoms with Gasteiger partial charge in [0.25, 0.3) is 0 Å². The monoisotopic (exact) mass is 353 g/mol. The van der Waals surface area contributed by atoms with Crippen molar-refractivity contribution in [3.8, 4) is 0 Å². The van der Waals surface area contributed by atoms with Crippen LogP contribution in [-0.4, -0.2) is 73.9 Å². The van der Waals surface area contributed by atoms with E-state index in [1.54, 1.807) is 4.90 Å². The number of sulfone groups is 1. The van der Waals surface area contributed by atoms with Gasteiger partial charge in [0, 0.05) is 31.7 Å². The van der Waals surface area contributed by atoms with Crippen molar-refractivity contribution in [2.24, 2.45) is 11.7 Å². The Kier molecular flexibility index (Phi) is 7.11. The summed E-state index contributed by atoms with van der Waals surface area (Å²) in [7, 11) is -2.96. The molecule has 2 fully saturated rings. The van der Waals surface area contributed by atoms with Crippen molar-refractivity contribution in [3.63, 3.8) is 0 Å². The number of likely N-dealkylation sites (N-methyl/N-ethyl adjacent to an activating group) is 1. The van der Waals surface area contributed by atoms with Crippen molar-refractivity contribution in [1.29, 1.82) is 0 Å². The zero-order valence-electron chi connectivity index (χ0n) is 13.4. The molecule has 2 aliphatic heterocycles. The lowest BCUT2D eigenvalue weighted by Crippen LogP contribution is -2.51. The van der Waals surface area contributed by atoms with Crippen LogP contribution < -0.4 is 5.73 Å². The van der Waals surface area contributed by atoms with E-state index in [0.717, 1.165) is 19.5 Å². The van der Waals surface area contributed by atoms with Crippen molar-refractivity contribution < 1.29 is 13.2 Å². The molecular formula is C14H28ClN3O3S. The Morgan fingerprint density at radius 1 is 1.36 bits per heavy atom. The number of halogens is 1. The molecule has 130 valence electrons. The topological polar surface area (TPSA) is 83.7 Å². The quantitative estimate of drug-likeness (QED) is 0.775. The SMILES string of the molecule is CCN(C(=O)CN1CCC(N)C(C)C1)C1CCS(=O)(=O)C1.Cl. The molecule has 2 saturated heterocycles. The maximum atomic E-state index is 12.5. The molecule has 0 aliphatic carbocycles. The van der Waals surface area contributed by atoms with Gasteiger partial charge in [-0.15, -0.1) is 12.4 Å². The molecule has 0 aromatic rings. The second kappa shape index (κ2) is 7.95.